The number of ether oxygens (including phenoxy) is 3. The molecule has 1 amide bonds. The van der Waals surface area contributed by atoms with Crippen LogP contribution >= 0.6 is 11.8 Å². The Morgan fingerprint density at radius 1 is 1.06 bits per heavy atom. The Morgan fingerprint density at radius 3 is 2.47 bits per heavy atom. The van der Waals surface area contributed by atoms with E-state index in [0.29, 0.717) is 33.7 Å². The van der Waals surface area contributed by atoms with Crippen molar-refractivity contribution in [3.63, 3.8) is 0 Å². The fourth-order valence-corrected chi connectivity index (χ4v) is 3.58. The molecule has 11 heteroatoms. The zero-order valence-corrected chi connectivity index (χ0v) is 18.4. The van der Waals surface area contributed by atoms with Crippen LogP contribution < -0.4 is 14.8 Å². The summed E-state index contributed by atoms with van der Waals surface area (Å²) in [5.74, 6) is 0.118. The molecule has 0 aliphatic carbocycles. The van der Waals surface area contributed by atoms with Crippen molar-refractivity contribution < 1.29 is 28.2 Å². The summed E-state index contributed by atoms with van der Waals surface area (Å²) < 4.78 is 30.1. The Hall–Kier alpha value is -3.60. The summed E-state index contributed by atoms with van der Waals surface area (Å²) in [5.41, 5.74) is 0.900. The van der Waals surface area contributed by atoms with Crippen molar-refractivity contribution in [2.75, 3.05) is 27.1 Å². The van der Waals surface area contributed by atoms with Crippen molar-refractivity contribution in [1.29, 1.82) is 0 Å². The molecule has 2 aromatic carbocycles. The fourth-order valence-electron chi connectivity index (χ4n) is 2.78. The number of rotatable bonds is 9. The molecule has 0 aliphatic heterocycles. The number of carbonyl (C=O) groups excluding carboxylic acids is 2. The molecule has 0 unspecified atom stereocenters. The average Bonchev–Trinajstić information content (AvgIpc) is 3.23. The second-order valence-electron chi connectivity index (χ2n) is 6.32. The van der Waals surface area contributed by atoms with Crippen molar-refractivity contribution >= 4 is 23.6 Å². The van der Waals surface area contributed by atoms with Crippen LogP contribution in [0.25, 0.3) is 5.69 Å². The molecule has 0 fully saturated rings. The maximum absolute atomic E-state index is 13.4. The van der Waals surface area contributed by atoms with Gasteiger partial charge in [0.15, 0.2) is 11.0 Å². The van der Waals surface area contributed by atoms with Gasteiger partial charge in [-0.15, -0.1) is 10.2 Å². The molecular weight excluding hydrogens is 439 g/mol. The Balaban J connectivity index is 1.84. The van der Waals surface area contributed by atoms with E-state index in [9.17, 15) is 14.0 Å². The molecule has 3 aromatic rings. The molecule has 1 aromatic heterocycles. The molecule has 168 valence electrons. The van der Waals surface area contributed by atoms with Gasteiger partial charge in [0.25, 0.3) is 5.91 Å². The number of amides is 1. The first-order chi connectivity index (χ1) is 15.5. The minimum absolute atomic E-state index is 0.0191. The molecule has 0 bridgehead atoms. The third kappa shape index (κ3) is 5.35. The van der Waals surface area contributed by atoms with Crippen LogP contribution in [0.4, 0.5) is 4.39 Å². The van der Waals surface area contributed by atoms with E-state index in [4.69, 9.17) is 9.47 Å². The summed E-state index contributed by atoms with van der Waals surface area (Å²) >= 11 is 1.11. The Kier molecular flexibility index (Phi) is 7.66. The SMILES string of the molecule is COC(=O)CSc1nnc(CNC(=O)c2ccc(OC)cc2OC)n1-c1ccc(F)cc1. The van der Waals surface area contributed by atoms with E-state index in [1.165, 1.54) is 33.5 Å². The van der Waals surface area contributed by atoms with E-state index < -0.39 is 11.8 Å². The number of thioether (sulfide) groups is 1. The van der Waals surface area contributed by atoms with Gasteiger partial charge >= 0.3 is 5.97 Å². The maximum Gasteiger partial charge on any atom is 0.316 e. The highest BCUT2D eigenvalue weighted by Crippen LogP contribution is 2.25. The van der Waals surface area contributed by atoms with Crippen LogP contribution in [0.15, 0.2) is 47.6 Å². The highest BCUT2D eigenvalue weighted by atomic mass is 32.2. The lowest BCUT2D eigenvalue weighted by Gasteiger charge is -2.12. The van der Waals surface area contributed by atoms with Gasteiger partial charge in [-0.2, -0.15) is 0 Å². The van der Waals surface area contributed by atoms with Crippen molar-refractivity contribution in [3.05, 3.63) is 59.7 Å². The third-order valence-corrected chi connectivity index (χ3v) is 5.29. The predicted molar refractivity (Wildman–Crippen MR) is 115 cm³/mol. The lowest BCUT2D eigenvalue weighted by Crippen LogP contribution is -2.25. The first-order valence-corrected chi connectivity index (χ1v) is 10.4. The number of hydrogen-bond acceptors (Lipinski definition) is 8. The second kappa shape index (κ2) is 10.6. The Labute approximate surface area is 187 Å². The van der Waals surface area contributed by atoms with E-state index in [-0.39, 0.29) is 18.2 Å². The number of benzene rings is 2. The van der Waals surface area contributed by atoms with Gasteiger partial charge in [0.1, 0.15) is 17.3 Å². The lowest BCUT2D eigenvalue weighted by molar-refractivity contribution is -0.137. The first kappa shape index (κ1) is 23.1. The van der Waals surface area contributed by atoms with Crippen LogP contribution in [0.5, 0.6) is 11.5 Å². The monoisotopic (exact) mass is 460 g/mol. The molecule has 0 atom stereocenters. The minimum atomic E-state index is -0.426. The van der Waals surface area contributed by atoms with Crippen molar-refractivity contribution in [1.82, 2.24) is 20.1 Å². The number of aromatic nitrogens is 3. The van der Waals surface area contributed by atoms with Crippen molar-refractivity contribution in [2.45, 2.75) is 11.7 Å². The lowest BCUT2D eigenvalue weighted by atomic mass is 10.1. The van der Waals surface area contributed by atoms with Gasteiger partial charge in [0.05, 0.1) is 39.2 Å². The van der Waals surface area contributed by atoms with E-state index >= 15 is 0 Å². The van der Waals surface area contributed by atoms with Crippen LogP contribution in [0.3, 0.4) is 0 Å². The summed E-state index contributed by atoms with van der Waals surface area (Å²) in [7, 11) is 4.27. The molecule has 0 spiro atoms. The van der Waals surface area contributed by atoms with Crippen LogP contribution in [0.2, 0.25) is 0 Å². The van der Waals surface area contributed by atoms with Crippen LogP contribution in [0.1, 0.15) is 16.2 Å². The standard InChI is InChI=1S/C21H21FN4O5S/c1-29-15-8-9-16(17(10-15)30-2)20(28)23-11-18-24-25-21(32-12-19(27)31-3)26(18)14-6-4-13(22)5-7-14/h4-10H,11-12H2,1-3H3,(H,23,28). The zero-order chi connectivity index (χ0) is 23.1. The van der Waals surface area contributed by atoms with Crippen LogP contribution in [-0.2, 0) is 16.1 Å². The number of esters is 1. The number of nitrogens with zero attached hydrogens (tertiary/aromatic N) is 3. The quantitative estimate of drug-likeness (QED) is 0.384. The third-order valence-electron chi connectivity index (χ3n) is 4.39. The summed E-state index contributed by atoms with van der Waals surface area (Å²) in [5, 5.41) is 11.4. The molecule has 0 saturated heterocycles. The maximum atomic E-state index is 13.4. The number of hydrogen-bond donors (Lipinski definition) is 1. The van der Waals surface area contributed by atoms with E-state index in [2.05, 4.69) is 20.3 Å². The van der Waals surface area contributed by atoms with E-state index in [1.54, 1.807) is 34.9 Å². The molecule has 0 radical (unpaired) electrons. The van der Waals surface area contributed by atoms with Gasteiger partial charge in [-0.1, -0.05) is 11.8 Å². The number of halogens is 1. The normalized spacial score (nSPS) is 10.5. The number of carbonyl (C=O) groups is 2. The first-order valence-electron chi connectivity index (χ1n) is 9.37. The highest BCUT2D eigenvalue weighted by Gasteiger charge is 2.19. The number of nitrogens with one attached hydrogen (secondary N) is 1. The number of methoxy groups -OCH3 is 3. The summed E-state index contributed by atoms with van der Waals surface area (Å²) in [6.45, 7) is 0.0250. The molecule has 1 heterocycles. The summed E-state index contributed by atoms with van der Waals surface area (Å²) in [6.07, 6.45) is 0. The average molecular weight is 460 g/mol. The molecular formula is C21H21FN4O5S. The second-order valence-corrected chi connectivity index (χ2v) is 7.27. The molecule has 0 aliphatic rings. The predicted octanol–water partition coefficient (Wildman–Crippen LogP) is 2.62. The van der Waals surface area contributed by atoms with Crippen LogP contribution in [0, 0.1) is 5.82 Å². The Bertz CT molecular complexity index is 1100. The van der Waals surface area contributed by atoms with Crippen molar-refractivity contribution in [3.8, 4) is 17.2 Å². The van der Waals surface area contributed by atoms with Crippen molar-refractivity contribution in [2.24, 2.45) is 0 Å². The van der Waals surface area contributed by atoms with Crippen LogP contribution in [-0.4, -0.2) is 53.7 Å². The largest absolute Gasteiger partial charge is 0.497 e. The summed E-state index contributed by atoms with van der Waals surface area (Å²) in [6, 6.07) is 10.6. The van der Waals surface area contributed by atoms with E-state index in [1.807, 2.05) is 0 Å². The molecule has 9 nitrogen and oxygen atoms in total. The van der Waals surface area contributed by atoms with Gasteiger partial charge in [-0.05, 0) is 36.4 Å². The smallest absolute Gasteiger partial charge is 0.316 e. The van der Waals surface area contributed by atoms with Gasteiger partial charge in [0, 0.05) is 11.8 Å². The molecule has 3 rings (SSSR count). The summed E-state index contributed by atoms with van der Waals surface area (Å²) in [4.78, 5) is 24.3. The van der Waals surface area contributed by atoms with Gasteiger partial charge in [0.2, 0.25) is 0 Å². The molecule has 0 saturated carbocycles. The van der Waals surface area contributed by atoms with E-state index in [0.717, 1.165) is 11.8 Å². The fraction of sp³-hybridized carbons (Fsp3) is 0.238. The molecule has 32 heavy (non-hydrogen) atoms. The van der Waals surface area contributed by atoms with Gasteiger partial charge in [-0.3, -0.25) is 14.2 Å². The van der Waals surface area contributed by atoms with Gasteiger partial charge in [-0.25, -0.2) is 4.39 Å². The molecule has 1 N–H and O–H groups in total. The minimum Gasteiger partial charge on any atom is -0.497 e. The topological polar surface area (TPSA) is 105 Å². The highest BCUT2D eigenvalue weighted by molar-refractivity contribution is 7.99. The van der Waals surface area contributed by atoms with Gasteiger partial charge < -0.3 is 19.5 Å². The Morgan fingerprint density at radius 2 is 1.81 bits per heavy atom. The zero-order valence-electron chi connectivity index (χ0n) is 17.6.